The highest BCUT2D eigenvalue weighted by Gasteiger charge is 2.14. The number of aliphatic imine (C=N–C) groups is 1. The summed E-state index contributed by atoms with van der Waals surface area (Å²) in [5, 5.41) is 0. The van der Waals surface area contributed by atoms with Crippen molar-refractivity contribution in [2.75, 3.05) is 52.7 Å². The van der Waals surface area contributed by atoms with Gasteiger partial charge in [-0.15, -0.1) is 0 Å². The summed E-state index contributed by atoms with van der Waals surface area (Å²) in [5.41, 5.74) is 5.77. The highest BCUT2D eigenvalue weighted by Crippen LogP contribution is 1.97. The number of nitrogens with zero attached hydrogens (tertiary/aromatic N) is 3. The third-order valence-electron chi connectivity index (χ3n) is 2.51. The molecule has 0 aliphatic carbocycles. The summed E-state index contributed by atoms with van der Waals surface area (Å²) < 4.78 is 29.3. The number of sulfonamides is 1. The van der Waals surface area contributed by atoms with Crippen LogP contribution in [-0.2, 0) is 14.8 Å². The van der Waals surface area contributed by atoms with Crippen LogP contribution in [0, 0.1) is 0 Å². The van der Waals surface area contributed by atoms with Gasteiger partial charge in [0.25, 0.3) is 0 Å². The number of guanidine groups is 1. The van der Waals surface area contributed by atoms with Crippen LogP contribution < -0.4 is 5.73 Å². The molecule has 0 spiro atoms. The Balaban J connectivity index is 2.42. The van der Waals surface area contributed by atoms with Gasteiger partial charge in [0, 0.05) is 27.2 Å². The molecule has 1 heterocycles. The van der Waals surface area contributed by atoms with E-state index in [-0.39, 0.29) is 12.3 Å². The third kappa shape index (κ3) is 4.49. The van der Waals surface area contributed by atoms with E-state index in [1.54, 1.807) is 0 Å². The summed E-state index contributed by atoms with van der Waals surface area (Å²) in [6, 6.07) is 0. The fraction of sp³-hybridized carbons (Fsp3) is 0.889. The Bertz CT molecular complexity index is 360. The van der Waals surface area contributed by atoms with Crippen LogP contribution in [0.1, 0.15) is 0 Å². The van der Waals surface area contributed by atoms with Gasteiger partial charge in [0.2, 0.25) is 10.0 Å². The maximum Gasteiger partial charge on any atom is 0.215 e. The second-order valence-electron chi connectivity index (χ2n) is 3.94. The number of morpholine rings is 1. The zero-order valence-corrected chi connectivity index (χ0v) is 11.1. The molecule has 1 aliphatic heterocycles. The molecule has 8 heteroatoms. The van der Waals surface area contributed by atoms with E-state index in [0.717, 1.165) is 0 Å². The fourth-order valence-electron chi connectivity index (χ4n) is 1.35. The second-order valence-corrected chi connectivity index (χ2v) is 6.24. The SMILES string of the molecule is CN(C)S(=O)(=O)CCN=C(N)N1CCOCC1. The van der Waals surface area contributed by atoms with Gasteiger partial charge in [-0.2, -0.15) is 0 Å². The maximum atomic E-state index is 11.5. The molecule has 0 aromatic carbocycles. The van der Waals surface area contributed by atoms with E-state index in [9.17, 15) is 8.42 Å². The van der Waals surface area contributed by atoms with Gasteiger partial charge in [0.15, 0.2) is 5.96 Å². The Morgan fingerprint density at radius 2 is 2.00 bits per heavy atom. The Morgan fingerprint density at radius 3 is 2.53 bits per heavy atom. The van der Waals surface area contributed by atoms with Gasteiger partial charge in [-0.25, -0.2) is 12.7 Å². The standard InChI is InChI=1S/C9H20N4O3S/c1-12(2)17(14,15)8-3-11-9(10)13-4-6-16-7-5-13/h3-8H2,1-2H3,(H2,10,11). The van der Waals surface area contributed by atoms with E-state index in [2.05, 4.69) is 4.99 Å². The lowest BCUT2D eigenvalue weighted by atomic mass is 10.4. The van der Waals surface area contributed by atoms with Crippen molar-refractivity contribution in [1.29, 1.82) is 0 Å². The van der Waals surface area contributed by atoms with Crippen LogP contribution in [-0.4, -0.2) is 76.3 Å². The van der Waals surface area contributed by atoms with Gasteiger partial charge in [-0.3, -0.25) is 4.99 Å². The summed E-state index contributed by atoms with van der Waals surface area (Å²) in [5.74, 6) is 0.368. The van der Waals surface area contributed by atoms with Gasteiger partial charge < -0.3 is 15.4 Å². The number of ether oxygens (including phenoxy) is 1. The third-order valence-corrected chi connectivity index (χ3v) is 4.33. The van der Waals surface area contributed by atoms with Gasteiger partial charge >= 0.3 is 0 Å². The molecule has 0 unspecified atom stereocenters. The van der Waals surface area contributed by atoms with Crippen molar-refractivity contribution in [3.05, 3.63) is 0 Å². The fourth-order valence-corrected chi connectivity index (χ4v) is 2.04. The molecule has 17 heavy (non-hydrogen) atoms. The summed E-state index contributed by atoms with van der Waals surface area (Å²) in [6.45, 7) is 2.85. The van der Waals surface area contributed by atoms with E-state index in [1.165, 1.54) is 18.4 Å². The first-order chi connectivity index (χ1) is 7.93. The van der Waals surface area contributed by atoms with Crippen molar-refractivity contribution in [2.45, 2.75) is 0 Å². The molecule has 0 aromatic rings. The van der Waals surface area contributed by atoms with Gasteiger partial charge in [0.1, 0.15) is 0 Å². The van der Waals surface area contributed by atoms with Crippen molar-refractivity contribution >= 4 is 16.0 Å². The first kappa shape index (κ1) is 14.2. The minimum absolute atomic E-state index is 0.0228. The molecule has 2 N–H and O–H groups in total. The lowest BCUT2D eigenvalue weighted by molar-refractivity contribution is 0.0674. The molecule has 1 saturated heterocycles. The summed E-state index contributed by atoms with van der Waals surface area (Å²) >= 11 is 0. The monoisotopic (exact) mass is 264 g/mol. The normalized spacial score (nSPS) is 18.8. The molecular formula is C9H20N4O3S. The predicted molar refractivity (Wildman–Crippen MR) is 66.4 cm³/mol. The van der Waals surface area contributed by atoms with Crippen molar-refractivity contribution in [1.82, 2.24) is 9.21 Å². The first-order valence-corrected chi connectivity index (χ1v) is 7.07. The average Bonchev–Trinajstić information content (AvgIpc) is 2.29. The summed E-state index contributed by atoms with van der Waals surface area (Å²) in [4.78, 5) is 5.97. The van der Waals surface area contributed by atoms with Crippen LogP contribution >= 0.6 is 0 Å². The molecule has 1 aliphatic rings. The Hall–Kier alpha value is -0.860. The lowest BCUT2D eigenvalue weighted by Crippen LogP contribution is -2.45. The molecule has 0 radical (unpaired) electrons. The molecule has 0 atom stereocenters. The largest absolute Gasteiger partial charge is 0.378 e. The number of nitrogens with two attached hydrogens (primary N) is 1. The molecule has 0 saturated carbocycles. The van der Waals surface area contributed by atoms with Crippen LogP contribution in [0.25, 0.3) is 0 Å². The minimum Gasteiger partial charge on any atom is -0.378 e. The first-order valence-electron chi connectivity index (χ1n) is 5.46. The number of hydrogen-bond acceptors (Lipinski definition) is 4. The Kier molecular flexibility index (Phi) is 5.16. The van der Waals surface area contributed by atoms with Crippen LogP contribution in [0.2, 0.25) is 0 Å². The van der Waals surface area contributed by atoms with E-state index in [1.807, 2.05) is 4.90 Å². The quantitative estimate of drug-likeness (QED) is 0.494. The molecule has 0 bridgehead atoms. The van der Waals surface area contributed by atoms with Crippen LogP contribution in [0.15, 0.2) is 4.99 Å². The lowest BCUT2D eigenvalue weighted by Gasteiger charge is -2.27. The zero-order chi connectivity index (χ0) is 12.9. The van der Waals surface area contributed by atoms with Gasteiger partial charge in [0.05, 0.1) is 25.5 Å². The topological polar surface area (TPSA) is 88.2 Å². The van der Waals surface area contributed by atoms with Crippen molar-refractivity contribution in [3.8, 4) is 0 Å². The van der Waals surface area contributed by atoms with E-state index in [0.29, 0.717) is 32.3 Å². The zero-order valence-electron chi connectivity index (χ0n) is 10.3. The minimum atomic E-state index is -3.20. The van der Waals surface area contributed by atoms with E-state index < -0.39 is 10.0 Å². The summed E-state index contributed by atoms with van der Waals surface area (Å²) in [7, 11) is -0.188. The Labute approximate surface area is 102 Å². The van der Waals surface area contributed by atoms with Crippen LogP contribution in [0.5, 0.6) is 0 Å². The van der Waals surface area contributed by atoms with Crippen molar-refractivity contribution in [3.63, 3.8) is 0 Å². The molecule has 0 aromatic heterocycles. The predicted octanol–water partition coefficient (Wildman–Crippen LogP) is -1.48. The molecule has 1 rings (SSSR count). The molecule has 1 fully saturated rings. The number of rotatable bonds is 4. The van der Waals surface area contributed by atoms with Crippen LogP contribution in [0.3, 0.4) is 0 Å². The van der Waals surface area contributed by atoms with Gasteiger partial charge in [-0.05, 0) is 0 Å². The van der Waals surface area contributed by atoms with Crippen LogP contribution in [0.4, 0.5) is 0 Å². The average molecular weight is 264 g/mol. The molecule has 100 valence electrons. The second kappa shape index (κ2) is 6.18. The van der Waals surface area contributed by atoms with E-state index in [4.69, 9.17) is 10.5 Å². The number of hydrogen-bond donors (Lipinski definition) is 1. The molecule has 0 amide bonds. The van der Waals surface area contributed by atoms with Crippen molar-refractivity contribution in [2.24, 2.45) is 10.7 Å². The smallest absolute Gasteiger partial charge is 0.215 e. The highest BCUT2D eigenvalue weighted by molar-refractivity contribution is 7.89. The Morgan fingerprint density at radius 1 is 1.41 bits per heavy atom. The van der Waals surface area contributed by atoms with Gasteiger partial charge in [-0.1, -0.05) is 0 Å². The maximum absolute atomic E-state index is 11.5. The van der Waals surface area contributed by atoms with Crippen molar-refractivity contribution < 1.29 is 13.2 Å². The highest BCUT2D eigenvalue weighted by atomic mass is 32.2. The summed E-state index contributed by atoms with van der Waals surface area (Å²) in [6.07, 6.45) is 0. The van der Waals surface area contributed by atoms with E-state index >= 15 is 0 Å². The molecular weight excluding hydrogens is 244 g/mol. The molecule has 7 nitrogen and oxygen atoms in total.